The maximum atomic E-state index is 14.5. The monoisotopic (exact) mass is 310 g/mol. The van der Waals surface area contributed by atoms with Gasteiger partial charge in [0.25, 0.3) is 0 Å². The van der Waals surface area contributed by atoms with E-state index < -0.39 is 0 Å². The van der Waals surface area contributed by atoms with Crippen molar-refractivity contribution in [2.75, 3.05) is 24.5 Å². The molecule has 1 saturated heterocycles. The van der Waals surface area contributed by atoms with Gasteiger partial charge in [-0.15, -0.1) is 0 Å². The fourth-order valence-electron chi connectivity index (χ4n) is 3.05. The van der Waals surface area contributed by atoms with E-state index in [1.54, 1.807) is 6.07 Å². The van der Waals surface area contributed by atoms with Gasteiger partial charge in [0.2, 0.25) is 0 Å². The molecule has 3 unspecified atom stereocenters. The highest BCUT2D eigenvalue weighted by molar-refractivity contribution is 8.00. The van der Waals surface area contributed by atoms with E-state index in [1.165, 1.54) is 0 Å². The van der Waals surface area contributed by atoms with E-state index in [4.69, 9.17) is 0 Å². The third-order valence-corrected chi connectivity index (χ3v) is 5.15. The summed E-state index contributed by atoms with van der Waals surface area (Å²) in [5.74, 6) is -0.0936. The molecule has 1 fully saturated rings. The van der Waals surface area contributed by atoms with Crippen LogP contribution in [0.4, 0.5) is 10.1 Å². The Bertz CT molecular complexity index is 456. The first-order valence-electron chi connectivity index (χ1n) is 7.95. The molecule has 0 aliphatic carbocycles. The Morgan fingerprint density at radius 2 is 2.00 bits per heavy atom. The Morgan fingerprint density at radius 1 is 1.33 bits per heavy atom. The van der Waals surface area contributed by atoms with Gasteiger partial charge in [0, 0.05) is 29.6 Å². The van der Waals surface area contributed by atoms with Crippen molar-refractivity contribution in [1.29, 1.82) is 0 Å². The summed E-state index contributed by atoms with van der Waals surface area (Å²) in [6.45, 7) is 11.5. The van der Waals surface area contributed by atoms with Crippen molar-refractivity contribution in [1.82, 2.24) is 5.32 Å². The minimum atomic E-state index is -0.0936. The van der Waals surface area contributed by atoms with Crippen molar-refractivity contribution in [3.05, 3.63) is 29.6 Å². The minimum absolute atomic E-state index is 0.0936. The van der Waals surface area contributed by atoms with Gasteiger partial charge in [0.05, 0.1) is 5.69 Å². The molecule has 0 saturated carbocycles. The quantitative estimate of drug-likeness (QED) is 0.877. The summed E-state index contributed by atoms with van der Waals surface area (Å²) in [4.78, 5) is 2.24. The van der Waals surface area contributed by atoms with Gasteiger partial charge in [0.1, 0.15) is 5.82 Å². The molecular weight excluding hydrogens is 283 g/mol. The number of nitrogens with zero attached hydrogens (tertiary/aromatic N) is 1. The normalized spacial score (nSPS) is 24.1. The van der Waals surface area contributed by atoms with Crippen LogP contribution in [0.25, 0.3) is 0 Å². The van der Waals surface area contributed by atoms with Crippen molar-refractivity contribution in [2.45, 2.75) is 50.7 Å². The van der Waals surface area contributed by atoms with Gasteiger partial charge in [-0.1, -0.05) is 32.9 Å². The number of benzene rings is 1. The Balaban J connectivity index is 2.28. The summed E-state index contributed by atoms with van der Waals surface area (Å²) in [6.07, 6.45) is 1.09. The largest absolute Gasteiger partial charge is 0.367 e. The zero-order chi connectivity index (χ0) is 15.4. The minimum Gasteiger partial charge on any atom is -0.367 e. The fraction of sp³-hybridized carbons (Fsp3) is 0.647. The fourth-order valence-corrected chi connectivity index (χ4v) is 4.37. The second-order valence-corrected chi connectivity index (χ2v) is 7.90. The summed E-state index contributed by atoms with van der Waals surface area (Å²) in [7, 11) is 0. The molecule has 2 nitrogen and oxygen atoms in total. The molecule has 0 radical (unpaired) electrons. The number of hydrogen-bond acceptors (Lipinski definition) is 3. The highest BCUT2D eigenvalue weighted by Gasteiger charge is 2.27. The molecule has 1 aromatic rings. The first-order valence-corrected chi connectivity index (χ1v) is 8.89. The van der Waals surface area contributed by atoms with Gasteiger partial charge in [-0.25, -0.2) is 4.39 Å². The standard InChI is InChI=1S/C17H27FN2S/c1-5-9-19-14(4)15-7-6-8-16(18)17(15)20-10-12(2)21-13(3)11-20/h6-8,12-14,19H,5,9-11H2,1-4H3. The van der Waals surface area contributed by atoms with Crippen LogP contribution in [0.3, 0.4) is 0 Å². The average molecular weight is 310 g/mol. The summed E-state index contributed by atoms with van der Waals surface area (Å²) in [6, 6.07) is 5.64. The van der Waals surface area contributed by atoms with E-state index in [9.17, 15) is 4.39 Å². The lowest BCUT2D eigenvalue weighted by molar-refractivity contribution is 0.556. The second kappa shape index (κ2) is 7.50. The van der Waals surface area contributed by atoms with Crippen molar-refractivity contribution in [2.24, 2.45) is 0 Å². The Morgan fingerprint density at radius 3 is 2.62 bits per heavy atom. The lowest BCUT2D eigenvalue weighted by atomic mass is 10.0. The molecule has 1 aliphatic heterocycles. The molecule has 0 aromatic heterocycles. The predicted octanol–water partition coefficient (Wildman–Crippen LogP) is 4.22. The molecule has 3 atom stereocenters. The van der Waals surface area contributed by atoms with E-state index in [2.05, 4.69) is 44.0 Å². The number of hydrogen-bond donors (Lipinski definition) is 1. The molecule has 4 heteroatoms. The molecule has 0 spiro atoms. The topological polar surface area (TPSA) is 15.3 Å². The molecule has 1 aliphatic rings. The van der Waals surface area contributed by atoms with E-state index in [-0.39, 0.29) is 11.9 Å². The van der Waals surface area contributed by atoms with Gasteiger partial charge < -0.3 is 10.2 Å². The van der Waals surface area contributed by atoms with Crippen LogP contribution in [-0.4, -0.2) is 30.1 Å². The second-order valence-electron chi connectivity index (χ2n) is 6.02. The zero-order valence-electron chi connectivity index (χ0n) is 13.5. The summed E-state index contributed by atoms with van der Waals surface area (Å²) in [5.41, 5.74) is 1.88. The van der Waals surface area contributed by atoms with Crippen molar-refractivity contribution >= 4 is 17.4 Å². The van der Waals surface area contributed by atoms with Gasteiger partial charge >= 0.3 is 0 Å². The van der Waals surface area contributed by atoms with Crippen LogP contribution in [0.5, 0.6) is 0 Å². The van der Waals surface area contributed by atoms with Crippen LogP contribution >= 0.6 is 11.8 Å². The molecule has 2 rings (SSSR count). The molecule has 0 bridgehead atoms. The van der Waals surface area contributed by atoms with Crippen molar-refractivity contribution in [3.63, 3.8) is 0 Å². The number of rotatable bonds is 5. The first kappa shape index (κ1) is 16.6. The maximum Gasteiger partial charge on any atom is 0.146 e. The molecule has 0 amide bonds. The maximum absolute atomic E-state index is 14.5. The third-order valence-electron chi connectivity index (χ3n) is 3.92. The number of halogens is 1. The van der Waals surface area contributed by atoms with Gasteiger partial charge in [-0.05, 0) is 31.5 Å². The van der Waals surface area contributed by atoms with Crippen LogP contribution in [0.1, 0.15) is 45.7 Å². The smallest absolute Gasteiger partial charge is 0.146 e. The molecular formula is C17H27FN2S. The lowest BCUT2D eigenvalue weighted by Gasteiger charge is -2.38. The van der Waals surface area contributed by atoms with E-state index in [0.717, 1.165) is 37.3 Å². The van der Waals surface area contributed by atoms with E-state index in [1.807, 2.05) is 17.8 Å². The van der Waals surface area contributed by atoms with Crippen LogP contribution < -0.4 is 10.2 Å². The molecule has 1 aromatic carbocycles. The zero-order valence-corrected chi connectivity index (χ0v) is 14.3. The van der Waals surface area contributed by atoms with Gasteiger partial charge in [0.15, 0.2) is 0 Å². The van der Waals surface area contributed by atoms with E-state index in [0.29, 0.717) is 10.5 Å². The SMILES string of the molecule is CCCNC(C)c1cccc(F)c1N1CC(C)SC(C)C1. The van der Waals surface area contributed by atoms with Crippen LogP contribution in [0, 0.1) is 5.82 Å². The summed E-state index contributed by atoms with van der Waals surface area (Å²) >= 11 is 1.99. The molecule has 1 heterocycles. The Hall–Kier alpha value is -0.740. The highest BCUT2D eigenvalue weighted by atomic mass is 32.2. The van der Waals surface area contributed by atoms with Crippen LogP contribution in [0.15, 0.2) is 18.2 Å². The lowest BCUT2D eigenvalue weighted by Crippen LogP contribution is -2.41. The Labute approximate surface area is 132 Å². The van der Waals surface area contributed by atoms with Crippen molar-refractivity contribution in [3.8, 4) is 0 Å². The number of para-hydroxylation sites is 1. The van der Waals surface area contributed by atoms with Gasteiger partial charge in [-0.2, -0.15) is 11.8 Å². The first-order chi connectivity index (χ1) is 10.0. The molecule has 21 heavy (non-hydrogen) atoms. The molecule has 1 N–H and O–H groups in total. The van der Waals surface area contributed by atoms with Crippen molar-refractivity contribution < 1.29 is 4.39 Å². The van der Waals surface area contributed by atoms with Crippen LogP contribution in [-0.2, 0) is 0 Å². The summed E-state index contributed by atoms with van der Waals surface area (Å²) < 4.78 is 14.5. The number of anilines is 1. The summed E-state index contributed by atoms with van der Waals surface area (Å²) in [5, 5.41) is 4.56. The Kier molecular flexibility index (Phi) is 5.94. The van der Waals surface area contributed by atoms with Crippen LogP contribution in [0.2, 0.25) is 0 Å². The highest BCUT2D eigenvalue weighted by Crippen LogP contribution is 2.34. The predicted molar refractivity (Wildman–Crippen MR) is 91.8 cm³/mol. The average Bonchev–Trinajstić information content (AvgIpc) is 2.43. The van der Waals surface area contributed by atoms with E-state index >= 15 is 0 Å². The molecule has 118 valence electrons. The number of thioether (sulfide) groups is 1. The number of nitrogens with one attached hydrogen (secondary N) is 1. The third kappa shape index (κ3) is 4.13. The van der Waals surface area contributed by atoms with Gasteiger partial charge in [-0.3, -0.25) is 0 Å².